The van der Waals surface area contributed by atoms with Crippen LogP contribution in [0.5, 0.6) is 11.5 Å². The Morgan fingerprint density at radius 1 is 0.645 bits per heavy atom. The van der Waals surface area contributed by atoms with Crippen molar-refractivity contribution in [1.82, 2.24) is 0 Å². The smallest absolute Gasteiger partial charge is 0.188 e. The van der Waals surface area contributed by atoms with Crippen LogP contribution in [0.1, 0.15) is 11.1 Å². The number of methoxy groups -OCH3 is 1. The maximum absolute atomic E-state index is 6.25. The summed E-state index contributed by atoms with van der Waals surface area (Å²) in [5, 5.41) is 0. The molecule has 0 unspecified atom stereocenters. The molecule has 31 heavy (non-hydrogen) atoms. The van der Waals surface area contributed by atoms with Crippen LogP contribution in [-0.2, 0) is 11.3 Å². The fraction of sp³-hybridized carbons (Fsp3) is 0.143. The van der Waals surface area contributed by atoms with Gasteiger partial charge in [-0.15, -0.1) is 0 Å². The first kappa shape index (κ1) is 20.7. The van der Waals surface area contributed by atoms with Crippen LogP contribution < -0.4 is 9.47 Å². The van der Waals surface area contributed by atoms with E-state index in [1.807, 2.05) is 42.5 Å². The lowest BCUT2D eigenvalue weighted by atomic mass is 9.95. The second-order valence-electron chi connectivity index (χ2n) is 7.37. The molecule has 0 fully saturated rings. The van der Waals surface area contributed by atoms with E-state index in [-0.39, 0.29) is 6.79 Å². The average Bonchev–Trinajstić information content (AvgIpc) is 2.83. The van der Waals surface area contributed by atoms with E-state index in [2.05, 4.69) is 61.5 Å². The number of para-hydroxylation sites is 1. The molecule has 0 heterocycles. The third kappa shape index (κ3) is 4.96. The van der Waals surface area contributed by atoms with Crippen LogP contribution in [-0.4, -0.2) is 13.9 Å². The van der Waals surface area contributed by atoms with E-state index < -0.39 is 0 Å². The van der Waals surface area contributed by atoms with Crippen molar-refractivity contribution in [3.63, 3.8) is 0 Å². The topological polar surface area (TPSA) is 27.7 Å². The molecule has 0 amide bonds. The molecule has 0 atom stereocenters. The van der Waals surface area contributed by atoms with Gasteiger partial charge in [0, 0.05) is 23.8 Å². The molecule has 0 aliphatic carbocycles. The summed E-state index contributed by atoms with van der Waals surface area (Å²) in [5.41, 5.74) is 6.37. The van der Waals surface area contributed by atoms with E-state index in [0.29, 0.717) is 6.61 Å². The minimum Gasteiger partial charge on any atom is -0.488 e. The fourth-order valence-corrected chi connectivity index (χ4v) is 3.58. The Hall–Kier alpha value is -3.56. The maximum Gasteiger partial charge on any atom is 0.188 e. The molecule has 0 aromatic heterocycles. The number of benzene rings is 4. The Morgan fingerprint density at radius 2 is 1.35 bits per heavy atom. The van der Waals surface area contributed by atoms with Gasteiger partial charge >= 0.3 is 0 Å². The van der Waals surface area contributed by atoms with E-state index in [1.165, 1.54) is 0 Å². The zero-order valence-corrected chi connectivity index (χ0v) is 17.9. The molecule has 156 valence electrons. The quantitative estimate of drug-likeness (QED) is 0.296. The standard InChI is InChI=1S/C28H26O3/c1-21-16-17-27(30-19-22-10-5-3-6-11-22)26(18-21)25-15-9-14-24(28(25)31-20-29-2)23-12-7-4-8-13-23/h3-18H,19-20H2,1-2H3. The summed E-state index contributed by atoms with van der Waals surface area (Å²) in [5.74, 6) is 1.60. The van der Waals surface area contributed by atoms with Crippen LogP contribution in [0.3, 0.4) is 0 Å². The SMILES string of the molecule is COCOc1c(-c2ccccc2)cccc1-c1cc(C)ccc1OCc1ccccc1. The summed E-state index contributed by atoms with van der Waals surface area (Å²) in [6.07, 6.45) is 0. The number of hydrogen-bond acceptors (Lipinski definition) is 3. The molecular formula is C28H26O3. The molecule has 4 aromatic carbocycles. The van der Waals surface area contributed by atoms with Crippen LogP contribution >= 0.6 is 0 Å². The van der Waals surface area contributed by atoms with Gasteiger partial charge in [0.1, 0.15) is 18.1 Å². The van der Waals surface area contributed by atoms with Crippen molar-refractivity contribution in [3.8, 4) is 33.8 Å². The van der Waals surface area contributed by atoms with Gasteiger partial charge in [0.05, 0.1) is 0 Å². The van der Waals surface area contributed by atoms with Crippen molar-refractivity contribution < 1.29 is 14.2 Å². The molecule has 0 saturated heterocycles. The molecule has 3 heteroatoms. The van der Waals surface area contributed by atoms with Crippen LogP contribution in [0.25, 0.3) is 22.3 Å². The lowest BCUT2D eigenvalue weighted by Gasteiger charge is -2.19. The Kier molecular flexibility index (Phi) is 6.65. The number of ether oxygens (including phenoxy) is 3. The van der Waals surface area contributed by atoms with E-state index >= 15 is 0 Å². The van der Waals surface area contributed by atoms with Crippen LogP contribution in [0.2, 0.25) is 0 Å². The largest absolute Gasteiger partial charge is 0.488 e. The van der Waals surface area contributed by atoms with Crippen molar-refractivity contribution >= 4 is 0 Å². The first-order valence-electron chi connectivity index (χ1n) is 10.3. The third-order valence-corrected chi connectivity index (χ3v) is 5.08. The molecule has 0 N–H and O–H groups in total. The Bertz CT molecular complexity index is 1120. The first-order chi connectivity index (χ1) is 15.3. The van der Waals surface area contributed by atoms with Gasteiger partial charge in [-0.2, -0.15) is 0 Å². The second-order valence-corrected chi connectivity index (χ2v) is 7.37. The van der Waals surface area contributed by atoms with E-state index in [1.54, 1.807) is 7.11 Å². The van der Waals surface area contributed by atoms with E-state index in [0.717, 1.165) is 44.9 Å². The van der Waals surface area contributed by atoms with Crippen molar-refractivity contribution in [2.45, 2.75) is 13.5 Å². The first-order valence-corrected chi connectivity index (χ1v) is 10.3. The number of hydrogen-bond donors (Lipinski definition) is 0. The predicted molar refractivity (Wildman–Crippen MR) is 125 cm³/mol. The molecule has 0 aliphatic heterocycles. The van der Waals surface area contributed by atoms with Crippen LogP contribution in [0.15, 0.2) is 97.1 Å². The highest BCUT2D eigenvalue weighted by Gasteiger charge is 2.17. The molecule has 0 spiro atoms. The molecular weight excluding hydrogens is 384 g/mol. The summed E-state index contributed by atoms with van der Waals surface area (Å²) in [4.78, 5) is 0. The predicted octanol–water partition coefficient (Wildman–Crippen LogP) is 6.89. The lowest BCUT2D eigenvalue weighted by molar-refractivity contribution is 0.0519. The molecule has 4 aromatic rings. The zero-order chi connectivity index (χ0) is 21.5. The highest BCUT2D eigenvalue weighted by molar-refractivity contribution is 5.85. The molecule has 0 radical (unpaired) electrons. The van der Waals surface area contributed by atoms with Crippen LogP contribution in [0, 0.1) is 6.92 Å². The molecule has 3 nitrogen and oxygen atoms in total. The molecule has 0 saturated carbocycles. The zero-order valence-electron chi connectivity index (χ0n) is 17.9. The van der Waals surface area contributed by atoms with Crippen LogP contribution in [0.4, 0.5) is 0 Å². The lowest BCUT2D eigenvalue weighted by Crippen LogP contribution is -2.03. The van der Waals surface area contributed by atoms with Gasteiger partial charge in [0.2, 0.25) is 0 Å². The Labute approximate surface area is 183 Å². The molecule has 4 rings (SSSR count). The van der Waals surface area contributed by atoms with Gasteiger partial charge in [-0.25, -0.2) is 0 Å². The van der Waals surface area contributed by atoms with E-state index in [4.69, 9.17) is 14.2 Å². The minimum absolute atomic E-state index is 0.170. The van der Waals surface area contributed by atoms with Crippen molar-refractivity contribution in [1.29, 1.82) is 0 Å². The minimum atomic E-state index is 0.170. The fourth-order valence-electron chi connectivity index (χ4n) is 3.58. The second kappa shape index (κ2) is 9.96. The van der Waals surface area contributed by atoms with Gasteiger partial charge in [-0.1, -0.05) is 90.5 Å². The average molecular weight is 411 g/mol. The van der Waals surface area contributed by atoms with E-state index in [9.17, 15) is 0 Å². The normalized spacial score (nSPS) is 10.6. The Balaban J connectivity index is 1.78. The van der Waals surface area contributed by atoms with Crippen molar-refractivity contribution in [2.24, 2.45) is 0 Å². The summed E-state index contributed by atoms with van der Waals surface area (Å²) in [6, 6.07) is 32.9. The summed E-state index contributed by atoms with van der Waals surface area (Å²) in [6.45, 7) is 2.76. The monoisotopic (exact) mass is 410 g/mol. The molecule has 0 aliphatic rings. The summed E-state index contributed by atoms with van der Waals surface area (Å²) < 4.78 is 17.6. The third-order valence-electron chi connectivity index (χ3n) is 5.08. The van der Waals surface area contributed by atoms with Gasteiger partial charge < -0.3 is 14.2 Å². The number of rotatable bonds is 8. The van der Waals surface area contributed by atoms with Gasteiger partial charge in [-0.05, 0) is 30.2 Å². The summed E-state index contributed by atoms with van der Waals surface area (Å²) >= 11 is 0. The number of aryl methyl sites for hydroxylation is 1. The van der Waals surface area contributed by atoms with Crippen molar-refractivity contribution in [3.05, 3.63) is 108 Å². The highest BCUT2D eigenvalue weighted by atomic mass is 16.7. The van der Waals surface area contributed by atoms with Crippen molar-refractivity contribution in [2.75, 3.05) is 13.9 Å². The molecule has 0 bridgehead atoms. The van der Waals surface area contributed by atoms with Gasteiger partial charge in [0.25, 0.3) is 0 Å². The summed E-state index contributed by atoms with van der Waals surface area (Å²) in [7, 11) is 1.63. The van der Waals surface area contributed by atoms with Gasteiger partial charge in [0.15, 0.2) is 6.79 Å². The van der Waals surface area contributed by atoms with Gasteiger partial charge in [-0.3, -0.25) is 0 Å². The maximum atomic E-state index is 6.25. The highest BCUT2D eigenvalue weighted by Crippen LogP contribution is 2.42. The Morgan fingerprint density at radius 3 is 2.10 bits per heavy atom.